The number of aliphatic imine (C=N–C) groups is 2. The van der Waals surface area contributed by atoms with E-state index < -0.39 is 127 Å². The number of hydrogen-bond donors (Lipinski definition) is 12. The smallest absolute Gasteiger partial charge is 0.305 e. The monoisotopic (exact) mass is 827 g/mol. The SMILES string of the molecule is CCC(=O)N[C@@H](CCCN=C(N)N)C(=O)C[C@@H](CO)C(=O)N[C@@H](CC(=O)O)C(=O)C[C@H](C(=O)N[C@@H](CCCCN=C(N)N)C(=O)C[C@@H](CCC(N)=O)C(N)=O)[C@@H](C)O. The highest BCUT2D eigenvalue weighted by atomic mass is 16.4. The van der Waals surface area contributed by atoms with Gasteiger partial charge in [0.05, 0.1) is 49.1 Å². The minimum absolute atomic E-state index is 0.00936. The van der Waals surface area contributed by atoms with Crippen molar-refractivity contribution in [1.29, 1.82) is 0 Å². The summed E-state index contributed by atoms with van der Waals surface area (Å²) in [4.78, 5) is 122. The van der Waals surface area contributed by atoms with Crippen LogP contribution in [0.4, 0.5) is 0 Å². The van der Waals surface area contributed by atoms with Crippen molar-refractivity contribution in [3.05, 3.63) is 0 Å². The fourth-order valence-corrected chi connectivity index (χ4v) is 5.60. The van der Waals surface area contributed by atoms with Gasteiger partial charge in [-0.15, -0.1) is 0 Å². The van der Waals surface area contributed by atoms with Crippen molar-refractivity contribution < 1.29 is 58.5 Å². The number of nitrogens with zero attached hydrogens (tertiary/aromatic N) is 2. The normalized spacial score (nSPS) is 14.5. The van der Waals surface area contributed by atoms with E-state index in [1.807, 2.05) is 0 Å². The largest absolute Gasteiger partial charge is 0.481 e. The number of carbonyl (C=O) groups excluding carboxylic acids is 8. The Kier molecular flexibility index (Phi) is 25.1. The number of guanidine groups is 2. The number of primary amides is 2. The van der Waals surface area contributed by atoms with Crippen molar-refractivity contribution in [3.8, 4) is 0 Å². The van der Waals surface area contributed by atoms with Gasteiger partial charge in [0, 0.05) is 51.1 Å². The predicted molar refractivity (Wildman–Crippen MR) is 209 cm³/mol. The van der Waals surface area contributed by atoms with Gasteiger partial charge in [0.25, 0.3) is 0 Å². The molecule has 0 fully saturated rings. The number of nitrogens with two attached hydrogens (primary N) is 6. The minimum Gasteiger partial charge on any atom is -0.481 e. The number of hydrogen-bond acceptors (Lipinski definition) is 13. The van der Waals surface area contributed by atoms with E-state index in [-0.39, 0.29) is 70.0 Å². The molecule has 7 atom stereocenters. The minimum atomic E-state index is -1.80. The summed E-state index contributed by atoms with van der Waals surface area (Å²) in [5.41, 5.74) is 31.9. The van der Waals surface area contributed by atoms with Gasteiger partial charge in [-0.3, -0.25) is 53.1 Å². The number of nitrogens with one attached hydrogen (secondary N) is 3. The van der Waals surface area contributed by atoms with E-state index in [0.29, 0.717) is 6.42 Å². The second-order valence-electron chi connectivity index (χ2n) is 13.8. The van der Waals surface area contributed by atoms with Crippen LogP contribution in [0.1, 0.15) is 90.9 Å². The highest BCUT2D eigenvalue weighted by molar-refractivity contribution is 5.98. The van der Waals surface area contributed by atoms with E-state index in [9.17, 15) is 58.5 Å². The topological polar surface area (TPSA) is 431 Å². The predicted octanol–water partition coefficient (Wildman–Crippen LogP) is -4.33. The van der Waals surface area contributed by atoms with Gasteiger partial charge in [-0.25, -0.2) is 0 Å². The average molecular weight is 828 g/mol. The maximum absolute atomic E-state index is 13.6. The number of unbranched alkanes of at least 4 members (excludes halogenated alkanes) is 1. The third-order valence-corrected chi connectivity index (χ3v) is 8.94. The van der Waals surface area contributed by atoms with E-state index >= 15 is 0 Å². The molecule has 0 rings (SSSR count). The van der Waals surface area contributed by atoms with Gasteiger partial charge in [0.2, 0.25) is 29.5 Å². The number of carboxylic acid groups (broad SMARTS) is 1. The number of carbonyl (C=O) groups is 9. The molecule has 18 N–H and O–H groups in total. The molecule has 58 heavy (non-hydrogen) atoms. The maximum atomic E-state index is 13.6. The molecule has 0 saturated heterocycles. The van der Waals surface area contributed by atoms with Crippen LogP contribution >= 0.6 is 0 Å². The van der Waals surface area contributed by atoms with E-state index in [1.54, 1.807) is 6.92 Å². The van der Waals surface area contributed by atoms with Gasteiger partial charge in [0.15, 0.2) is 29.3 Å². The molecule has 23 nitrogen and oxygen atoms in total. The van der Waals surface area contributed by atoms with Gasteiger partial charge in [-0.05, 0) is 45.4 Å². The lowest BCUT2D eigenvalue weighted by atomic mass is 9.89. The lowest BCUT2D eigenvalue weighted by Crippen LogP contribution is -2.50. The van der Waals surface area contributed by atoms with Crippen LogP contribution in [0.2, 0.25) is 0 Å². The number of aliphatic carboxylic acids is 1. The van der Waals surface area contributed by atoms with Crippen molar-refractivity contribution >= 4 is 64.8 Å². The van der Waals surface area contributed by atoms with Crippen molar-refractivity contribution in [2.24, 2.45) is 62.1 Å². The molecule has 0 aliphatic rings. The van der Waals surface area contributed by atoms with Crippen LogP contribution in [0.15, 0.2) is 9.98 Å². The molecule has 0 unspecified atom stereocenters. The maximum Gasteiger partial charge on any atom is 0.305 e. The van der Waals surface area contributed by atoms with Gasteiger partial charge >= 0.3 is 5.97 Å². The summed E-state index contributed by atoms with van der Waals surface area (Å²) in [6.45, 7) is 2.13. The van der Waals surface area contributed by atoms with Gasteiger partial charge in [-0.2, -0.15) is 0 Å². The molecule has 0 aromatic rings. The molecular formula is C35H61N11O12. The van der Waals surface area contributed by atoms with Crippen LogP contribution in [0, 0.1) is 17.8 Å². The number of Topliss-reactive ketones (excluding diaryl/α,β-unsaturated/α-hetero) is 3. The third-order valence-electron chi connectivity index (χ3n) is 8.94. The van der Waals surface area contributed by atoms with Crippen molar-refractivity contribution in [2.75, 3.05) is 19.7 Å². The zero-order valence-electron chi connectivity index (χ0n) is 33.0. The molecule has 0 spiro atoms. The Morgan fingerprint density at radius 2 is 1.12 bits per heavy atom. The van der Waals surface area contributed by atoms with Crippen LogP contribution < -0.4 is 50.4 Å². The molecule has 0 aromatic carbocycles. The van der Waals surface area contributed by atoms with E-state index in [0.717, 1.165) is 0 Å². The van der Waals surface area contributed by atoms with Crippen molar-refractivity contribution in [1.82, 2.24) is 16.0 Å². The Hall–Kier alpha value is -5.71. The number of aliphatic hydroxyl groups is 2. The molecule has 328 valence electrons. The zero-order valence-corrected chi connectivity index (χ0v) is 33.0. The molecule has 0 bridgehead atoms. The Morgan fingerprint density at radius 1 is 0.621 bits per heavy atom. The molecule has 5 amide bonds. The second kappa shape index (κ2) is 27.8. The van der Waals surface area contributed by atoms with Crippen LogP contribution in [-0.2, 0) is 43.2 Å². The lowest BCUT2D eigenvalue weighted by Gasteiger charge is -2.26. The molecule has 0 heterocycles. The van der Waals surface area contributed by atoms with Gasteiger partial charge in [-0.1, -0.05) is 6.92 Å². The first-order valence-electron chi connectivity index (χ1n) is 18.8. The van der Waals surface area contributed by atoms with E-state index in [1.165, 1.54) is 6.92 Å². The fraction of sp³-hybridized carbons (Fsp3) is 0.686. The highest BCUT2D eigenvalue weighted by Crippen LogP contribution is 2.19. The number of carboxylic acids is 1. The van der Waals surface area contributed by atoms with Gasteiger partial charge < -0.3 is 65.7 Å². The lowest BCUT2D eigenvalue weighted by molar-refractivity contribution is -0.142. The van der Waals surface area contributed by atoms with Crippen LogP contribution in [-0.4, -0.2) is 124 Å². The molecule has 0 saturated carbocycles. The van der Waals surface area contributed by atoms with Crippen molar-refractivity contribution in [2.45, 2.75) is 115 Å². The van der Waals surface area contributed by atoms with E-state index in [4.69, 9.17) is 34.4 Å². The highest BCUT2D eigenvalue weighted by Gasteiger charge is 2.36. The molecule has 0 aromatic heterocycles. The number of amides is 5. The molecule has 23 heteroatoms. The first kappa shape index (κ1) is 52.3. The van der Waals surface area contributed by atoms with E-state index in [2.05, 4.69) is 25.9 Å². The third kappa shape index (κ3) is 22.1. The Bertz CT molecular complexity index is 1500. The summed E-state index contributed by atoms with van der Waals surface area (Å²) in [5, 5.41) is 37.4. The average Bonchev–Trinajstić information content (AvgIpc) is 3.13. The van der Waals surface area contributed by atoms with Crippen LogP contribution in [0.3, 0.4) is 0 Å². The standard InChI is InChI=1S/C35H61N11O12/c1-3-29(53)44-22(8-6-12-43-35(40)41)26(50)14-20(17-47)32(57)46-24(16-30(54)55)27(51)15-21(18(2)48)33(58)45-23(7-4-5-11-42-34(38)39)25(49)13-19(31(37)56)9-10-28(36)52/h18-24,47-48H,3-17H2,1-2H3,(H2,36,52)(H2,37,56)(H,44,53)(H,45,58)(H,46,57)(H,54,55)(H4,38,39,42)(H4,40,41,43)/t18-,19-,20+,21+,22+,23+,24+/m1/s1. The number of rotatable bonds is 32. The zero-order chi connectivity index (χ0) is 44.5. The second-order valence-corrected chi connectivity index (χ2v) is 13.8. The molecule has 0 aliphatic carbocycles. The molecule has 0 aliphatic heterocycles. The number of ketones is 3. The Morgan fingerprint density at radius 3 is 1.60 bits per heavy atom. The first-order chi connectivity index (χ1) is 27.1. The summed E-state index contributed by atoms with van der Waals surface area (Å²) in [6, 6.07) is -4.17. The number of aliphatic hydroxyl groups excluding tert-OH is 2. The molecule has 0 radical (unpaired) electrons. The van der Waals surface area contributed by atoms with Crippen LogP contribution in [0.25, 0.3) is 0 Å². The summed E-state index contributed by atoms with van der Waals surface area (Å²) >= 11 is 0. The Labute approximate surface area is 335 Å². The molecular weight excluding hydrogens is 766 g/mol. The fourth-order valence-electron chi connectivity index (χ4n) is 5.60. The summed E-state index contributed by atoms with van der Waals surface area (Å²) in [7, 11) is 0. The Balaban J connectivity index is 6.17. The summed E-state index contributed by atoms with van der Waals surface area (Å²) < 4.78 is 0. The summed E-state index contributed by atoms with van der Waals surface area (Å²) in [6.07, 6.45) is -3.84. The quantitative estimate of drug-likeness (QED) is 0.0173. The van der Waals surface area contributed by atoms with Crippen LogP contribution in [0.5, 0.6) is 0 Å². The van der Waals surface area contributed by atoms with Crippen molar-refractivity contribution in [3.63, 3.8) is 0 Å². The summed E-state index contributed by atoms with van der Waals surface area (Å²) in [5.74, 6) is -12.6. The first-order valence-corrected chi connectivity index (χ1v) is 18.8. The van der Waals surface area contributed by atoms with Gasteiger partial charge in [0.1, 0.15) is 0 Å².